The molecule has 0 atom stereocenters. The summed E-state index contributed by atoms with van der Waals surface area (Å²) in [6.07, 6.45) is 0.897. The molecule has 0 radical (unpaired) electrons. The zero-order chi connectivity index (χ0) is 31.3. The van der Waals surface area contributed by atoms with Crippen molar-refractivity contribution in [3.05, 3.63) is 131 Å². The number of benzene rings is 4. The van der Waals surface area contributed by atoms with Crippen molar-refractivity contribution in [1.82, 2.24) is 5.32 Å². The first-order chi connectivity index (χ1) is 21.0. The Morgan fingerprint density at radius 1 is 0.614 bits per heavy atom. The third kappa shape index (κ3) is 8.79. The molecule has 0 bridgehead atoms. The van der Waals surface area contributed by atoms with E-state index in [0.29, 0.717) is 18.4 Å². The molecule has 0 aromatic heterocycles. The smallest absolute Gasteiger partial charge is 0.333 e. The van der Waals surface area contributed by atoms with Crippen molar-refractivity contribution >= 4 is 53.0 Å². The lowest BCUT2D eigenvalue weighted by Crippen LogP contribution is -2.59. The number of piperidine rings is 1. The zero-order valence-electron chi connectivity index (χ0n) is 25.9. The number of thioether (sulfide) groups is 4. The molecule has 1 fully saturated rings. The van der Waals surface area contributed by atoms with E-state index < -0.39 is 8.41 Å². The highest BCUT2D eigenvalue weighted by Gasteiger charge is 2.52. The van der Waals surface area contributed by atoms with Gasteiger partial charge in [-0.25, -0.2) is 4.79 Å². The summed E-state index contributed by atoms with van der Waals surface area (Å²) in [7, 11) is 0. The van der Waals surface area contributed by atoms with Gasteiger partial charge in [0.2, 0.25) is 0 Å². The molecule has 7 heteroatoms. The number of hydrogen-bond donors (Lipinski definition) is 1. The summed E-state index contributed by atoms with van der Waals surface area (Å²) in [6, 6.07) is 34.7. The van der Waals surface area contributed by atoms with Crippen LogP contribution >= 0.6 is 47.0 Å². The summed E-state index contributed by atoms with van der Waals surface area (Å²) < 4.78 is 5.14. The van der Waals surface area contributed by atoms with Crippen molar-refractivity contribution < 1.29 is 9.53 Å². The standard InChI is InChI=1S/C37H39NO2S4/c1-25(2)35(39)40-30-23-36(41-31-15-7-26(3)8-16-31,42-32-17-9-27(4)10-18-32)38-37(24-30,43-33-19-11-28(5)12-20-33)44-34-21-13-29(6)14-22-34/h7-22,30,38H,1,23-24H2,2-6H3. The highest BCUT2D eigenvalue weighted by atomic mass is 32.2. The van der Waals surface area contributed by atoms with Crippen LogP contribution in [0.15, 0.2) is 129 Å². The molecule has 1 saturated heterocycles. The quantitative estimate of drug-likeness (QED) is 0.103. The SMILES string of the molecule is C=C(C)C(=O)OC1CC(Sc2ccc(C)cc2)(Sc2ccc(C)cc2)NC(Sc2ccc(C)cc2)(Sc2ccc(C)cc2)C1. The summed E-state index contributed by atoms with van der Waals surface area (Å²) in [5.41, 5.74) is 5.30. The molecule has 1 N–H and O–H groups in total. The maximum atomic E-state index is 13.0. The Labute approximate surface area is 279 Å². The molecule has 44 heavy (non-hydrogen) atoms. The van der Waals surface area contributed by atoms with Crippen LogP contribution in [0.1, 0.15) is 42.0 Å². The number of carbonyl (C=O) groups is 1. The van der Waals surface area contributed by atoms with E-state index in [9.17, 15) is 4.79 Å². The number of aryl methyl sites for hydroxylation is 4. The third-order valence-electron chi connectivity index (χ3n) is 7.21. The molecule has 4 aromatic carbocycles. The molecule has 3 nitrogen and oxygen atoms in total. The van der Waals surface area contributed by atoms with Crippen LogP contribution in [0.5, 0.6) is 0 Å². The number of rotatable bonds is 10. The second-order valence-corrected chi connectivity index (χ2v) is 17.5. The van der Waals surface area contributed by atoms with Gasteiger partial charge in [-0.15, -0.1) is 0 Å². The van der Waals surface area contributed by atoms with Gasteiger partial charge in [0.05, 0.1) is 0 Å². The molecule has 1 aliphatic heterocycles. The molecule has 228 valence electrons. The summed E-state index contributed by atoms with van der Waals surface area (Å²) in [5.74, 6) is -0.346. The number of hydrogen-bond acceptors (Lipinski definition) is 7. The van der Waals surface area contributed by atoms with Gasteiger partial charge in [-0.1, -0.05) is 124 Å². The van der Waals surface area contributed by atoms with Gasteiger partial charge in [0.15, 0.2) is 0 Å². The molecule has 0 unspecified atom stereocenters. The van der Waals surface area contributed by atoms with E-state index in [1.165, 1.54) is 22.3 Å². The van der Waals surface area contributed by atoms with Crippen LogP contribution < -0.4 is 5.32 Å². The van der Waals surface area contributed by atoms with E-state index in [1.54, 1.807) is 54.0 Å². The molecule has 0 amide bonds. The fourth-order valence-corrected chi connectivity index (χ4v) is 11.2. The van der Waals surface area contributed by atoms with Crippen molar-refractivity contribution in [3.63, 3.8) is 0 Å². The second kappa shape index (κ2) is 14.3. The topological polar surface area (TPSA) is 38.3 Å². The largest absolute Gasteiger partial charge is 0.459 e. The number of carbonyl (C=O) groups excluding carboxylic acids is 1. The van der Waals surface area contributed by atoms with Gasteiger partial charge in [-0.3, -0.25) is 5.32 Å². The Morgan fingerprint density at radius 3 is 1.14 bits per heavy atom. The van der Waals surface area contributed by atoms with Gasteiger partial charge in [0.1, 0.15) is 14.5 Å². The van der Waals surface area contributed by atoms with E-state index in [0.717, 1.165) is 19.6 Å². The Bertz CT molecular complexity index is 1380. The van der Waals surface area contributed by atoms with Crippen LogP contribution in [0.3, 0.4) is 0 Å². The van der Waals surface area contributed by atoms with Crippen molar-refractivity contribution in [1.29, 1.82) is 0 Å². The first-order valence-corrected chi connectivity index (χ1v) is 18.0. The van der Waals surface area contributed by atoms with Gasteiger partial charge in [-0.2, -0.15) is 0 Å². The maximum absolute atomic E-state index is 13.0. The molecular formula is C37H39NO2S4. The third-order valence-corrected chi connectivity index (χ3v) is 12.6. The van der Waals surface area contributed by atoms with E-state index in [4.69, 9.17) is 4.74 Å². The Kier molecular flexibility index (Phi) is 10.6. The molecule has 0 spiro atoms. The van der Waals surface area contributed by atoms with Crippen molar-refractivity contribution in [2.45, 2.75) is 81.6 Å². The Morgan fingerprint density at radius 2 is 0.886 bits per heavy atom. The minimum Gasteiger partial charge on any atom is -0.459 e. The van der Waals surface area contributed by atoms with E-state index in [2.05, 4.69) is 137 Å². The van der Waals surface area contributed by atoms with Crippen molar-refractivity contribution in [3.8, 4) is 0 Å². The lowest BCUT2D eigenvalue weighted by Gasteiger charge is -2.50. The minimum absolute atomic E-state index is 0.341. The van der Waals surface area contributed by atoms with Crippen LogP contribution in [-0.4, -0.2) is 20.5 Å². The predicted molar refractivity (Wildman–Crippen MR) is 191 cm³/mol. The first kappa shape index (κ1) is 32.8. The number of ether oxygens (including phenoxy) is 1. The van der Waals surface area contributed by atoms with E-state index in [-0.39, 0.29) is 12.1 Å². The van der Waals surface area contributed by atoms with Gasteiger partial charge >= 0.3 is 5.97 Å². The molecule has 1 heterocycles. The van der Waals surface area contributed by atoms with Gasteiger partial charge in [0.25, 0.3) is 0 Å². The average molecular weight is 658 g/mol. The van der Waals surface area contributed by atoms with Gasteiger partial charge in [-0.05, 0) is 83.1 Å². The summed E-state index contributed by atoms with van der Waals surface area (Å²) in [5, 5.41) is 4.20. The monoisotopic (exact) mass is 657 g/mol. The van der Waals surface area contributed by atoms with Gasteiger partial charge in [0, 0.05) is 38.0 Å². The average Bonchev–Trinajstić information content (AvgIpc) is 2.98. The molecule has 4 aromatic rings. The van der Waals surface area contributed by atoms with Crippen molar-refractivity contribution in [2.24, 2.45) is 0 Å². The van der Waals surface area contributed by atoms with Crippen LogP contribution in [0.2, 0.25) is 0 Å². The molecule has 0 aliphatic carbocycles. The summed E-state index contributed by atoms with van der Waals surface area (Å²) in [6.45, 7) is 14.0. The lowest BCUT2D eigenvalue weighted by molar-refractivity contribution is -0.145. The highest BCUT2D eigenvalue weighted by Crippen LogP contribution is 2.58. The fraction of sp³-hybridized carbons (Fsp3) is 0.270. The van der Waals surface area contributed by atoms with Crippen LogP contribution in [0, 0.1) is 27.7 Å². The zero-order valence-corrected chi connectivity index (χ0v) is 29.2. The predicted octanol–water partition coefficient (Wildman–Crippen LogP) is 10.6. The fourth-order valence-electron chi connectivity index (χ4n) is 4.90. The Balaban J connectivity index is 1.64. The Hall–Kier alpha value is -2.55. The number of nitrogens with one attached hydrogen (secondary N) is 1. The van der Waals surface area contributed by atoms with Crippen LogP contribution in [0.4, 0.5) is 0 Å². The van der Waals surface area contributed by atoms with E-state index >= 15 is 0 Å². The second-order valence-electron chi connectivity index (χ2n) is 11.5. The normalized spacial score (nSPS) is 15.9. The lowest BCUT2D eigenvalue weighted by atomic mass is 10.1. The van der Waals surface area contributed by atoms with E-state index in [1.807, 2.05) is 0 Å². The molecule has 1 aliphatic rings. The molecule has 0 saturated carbocycles. The first-order valence-electron chi connectivity index (χ1n) is 14.7. The van der Waals surface area contributed by atoms with Crippen LogP contribution in [0.25, 0.3) is 0 Å². The summed E-state index contributed by atoms with van der Waals surface area (Å²) >= 11 is 7.19. The number of esters is 1. The van der Waals surface area contributed by atoms with Crippen LogP contribution in [-0.2, 0) is 9.53 Å². The maximum Gasteiger partial charge on any atom is 0.333 e. The summed E-state index contributed by atoms with van der Waals surface area (Å²) in [4.78, 5) is 17.7. The molecular weight excluding hydrogens is 619 g/mol. The minimum atomic E-state index is -0.557. The van der Waals surface area contributed by atoms with Gasteiger partial charge < -0.3 is 4.74 Å². The highest BCUT2D eigenvalue weighted by molar-refractivity contribution is 8.19. The molecule has 5 rings (SSSR count). The van der Waals surface area contributed by atoms with Crippen molar-refractivity contribution in [2.75, 3.05) is 0 Å².